The molecule has 3 N–H and O–H groups in total. The molecule has 0 unspecified atom stereocenters. The lowest BCUT2D eigenvalue weighted by atomic mass is 9.83. The molecule has 0 saturated carbocycles. The summed E-state index contributed by atoms with van der Waals surface area (Å²) in [7, 11) is 1.41. The number of aliphatic carboxylic acids is 1. The summed E-state index contributed by atoms with van der Waals surface area (Å²) in [6, 6.07) is 11.5. The van der Waals surface area contributed by atoms with Crippen LogP contribution in [0.25, 0.3) is 0 Å². The number of aromatic amines is 1. The summed E-state index contributed by atoms with van der Waals surface area (Å²) in [6.45, 7) is -1.06. The number of carboxylic acid groups (broad SMARTS) is 1. The Kier molecular flexibility index (Phi) is 7.38. The number of methoxy groups -OCH3 is 1. The van der Waals surface area contributed by atoms with Crippen LogP contribution in [0.5, 0.6) is 11.5 Å². The van der Waals surface area contributed by atoms with E-state index in [1.165, 1.54) is 7.11 Å². The van der Waals surface area contributed by atoms with E-state index in [1.54, 1.807) is 42.5 Å². The number of imide groups is 1. The highest BCUT2D eigenvalue weighted by molar-refractivity contribution is 8.00. The van der Waals surface area contributed by atoms with Crippen LogP contribution >= 0.6 is 34.7 Å². The normalized spacial score (nSPS) is 19.8. The van der Waals surface area contributed by atoms with Crippen molar-refractivity contribution in [3.05, 3.63) is 67.6 Å². The predicted molar refractivity (Wildman–Crippen MR) is 143 cm³/mol. The molecule has 14 heteroatoms. The number of carboxylic acids is 1. The number of anilines is 1. The third-order valence-electron chi connectivity index (χ3n) is 6.24. The van der Waals surface area contributed by atoms with Crippen LogP contribution in [0, 0.1) is 5.92 Å². The van der Waals surface area contributed by atoms with Crippen molar-refractivity contribution in [2.45, 2.75) is 16.2 Å². The number of hydrogen-bond acceptors (Lipinski definition) is 9. The molecule has 3 amide bonds. The van der Waals surface area contributed by atoms with Crippen LogP contribution in [0.15, 0.2) is 52.3 Å². The third kappa shape index (κ3) is 5.24. The summed E-state index contributed by atoms with van der Waals surface area (Å²) in [5.41, 5.74) is 1.11. The summed E-state index contributed by atoms with van der Waals surface area (Å²) in [6.07, 6.45) is 0. The molecule has 0 bridgehead atoms. The molecule has 0 aliphatic carbocycles. The molecule has 0 radical (unpaired) electrons. The molecule has 11 nitrogen and oxygen atoms in total. The molecular formula is C25H20ClN3O8S2. The topological polar surface area (TPSA) is 155 Å². The van der Waals surface area contributed by atoms with E-state index in [0.717, 1.165) is 28.0 Å². The van der Waals surface area contributed by atoms with E-state index in [-0.39, 0.29) is 23.0 Å². The molecule has 2 aromatic carbocycles. The zero-order chi connectivity index (χ0) is 27.8. The van der Waals surface area contributed by atoms with Gasteiger partial charge in [-0.15, -0.1) is 0 Å². The molecule has 0 spiro atoms. The number of likely N-dealkylation sites (tertiary alicyclic amines) is 1. The highest BCUT2D eigenvalue weighted by atomic mass is 35.5. The lowest BCUT2D eigenvalue weighted by molar-refractivity contribution is -0.149. The van der Waals surface area contributed by atoms with Crippen molar-refractivity contribution >= 4 is 64.1 Å². The monoisotopic (exact) mass is 589 g/mol. The Balaban J connectivity index is 1.42. The van der Waals surface area contributed by atoms with Crippen LogP contribution in [-0.2, 0) is 19.2 Å². The van der Waals surface area contributed by atoms with Gasteiger partial charge in [0, 0.05) is 21.5 Å². The van der Waals surface area contributed by atoms with Gasteiger partial charge in [-0.3, -0.25) is 28.9 Å². The number of nitrogens with zero attached hydrogens (tertiary/aromatic N) is 1. The molecule has 3 aromatic rings. The number of halogens is 1. The van der Waals surface area contributed by atoms with Gasteiger partial charge in [-0.05, 0) is 42.0 Å². The van der Waals surface area contributed by atoms with E-state index in [9.17, 15) is 29.1 Å². The summed E-state index contributed by atoms with van der Waals surface area (Å²) >= 11 is 7.85. The quantitative estimate of drug-likeness (QED) is 0.336. The number of amides is 3. The Morgan fingerprint density at radius 1 is 1.10 bits per heavy atom. The number of nitrogens with one attached hydrogen (secondary N) is 2. The number of carbonyl (C=O) groups is 4. The van der Waals surface area contributed by atoms with Gasteiger partial charge in [0.25, 0.3) is 5.91 Å². The molecule has 202 valence electrons. The minimum atomic E-state index is -1.30. The largest absolute Gasteiger partial charge is 0.493 e. The number of carbonyl (C=O) groups excluding carboxylic acids is 3. The number of thiazole rings is 1. The van der Waals surface area contributed by atoms with E-state index in [2.05, 4.69) is 10.3 Å². The van der Waals surface area contributed by atoms with Crippen molar-refractivity contribution in [1.82, 2.24) is 9.88 Å². The third-order valence-corrected chi connectivity index (χ3v) is 8.90. The van der Waals surface area contributed by atoms with Crippen molar-refractivity contribution in [1.29, 1.82) is 0 Å². The maximum Gasteiger partial charge on any atom is 0.323 e. The second kappa shape index (κ2) is 10.8. The summed E-state index contributed by atoms with van der Waals surface area (Å²) in [5, 5.41) is 12.0. The van der Waals surface area contributed by atoms with Crippen LogP contribution in [0.3, 0.4) is 0 Å². The molecule has 5 rings (SSSR count). The smallest absolute Gasteiger partial charge is 0.323 e. The van der Waals surface area contributed by atoms with Gasteiger partial charge >= 0.3 is 10.8 Å². The molecule has 1 fully saturated rings. The van der Waals surface area contributed by atoms with Crippen LogP contribution in [0.1, 0.15) is 16.4 Å². The zero-order valence-corrected chi connectivity index (χ0v) is 22.5. The Hall–Kier alpha value is -3.81. The molecule has 1 saturated heterocycles. The van der Waals surface area contributed by atoms with Crippen LogP contribution in [0.4, 0.5) is 5.69 Å². The van der Waals surface area contributed by atoms with Crippen molar-refractivity contribution in [2.75, 3.05) is 25.6 Å². The first-order valence-electron chi connectivity index (χ1n) is 11.5. The maximum atomic E-state index is 13.3. The minimum absolute atomic E-state index is 0.262. The minimum Gasteiger partial charge on any atom is -0.493 e. The molecule has 3 heterocycles. The molecule has 1 aromatic heterocycles. The average Bonchev–Trinajstić information content (AvgIpc) is 3.39. The standard InChI is InChI=1S/C25H20ClN3O8S2/c1-36-15-8-11(2-7-14(15)37-10-16(30)27-13-5-3-12(26)4-6-13)18-19-21(38-22-20(18)39-25(35)28-22)24(34)29(23(19)33)9-17(31)32/h2-8,18-19,21H,9-10H2,1H3,(H,27,30)(H,28,35)(H,31,32)/t18-,19+,21-/m0/s1. The fourth-order valence-corrected chi connectivity index (χ4v) is 7.26. The first kappa shape index (κ1) is 26.8. The van der Waals surface area contributed by atoms with Gasteiger partial charge in [0.15, 0.2) is 18.1 Å². The number of ether oxygens (including phenoxy) is 2. The SMILES string of the molecule is COc1cc([C@@H]2c3sc(=O)[nH]c3S[C@@H]3C(=O)N(CC(=O)O)C(=O)[C@H]23)ccc1OCC(=O)Nc1ccc(Cl)cc1. The second-order valence-corrected chi connectivity index (χ2v) is 11.3. The second-order valence-electron chi connectivity index (χ2n) is 8.66. The van der Waals surface area contributed by atoms with E-state index in [4.69, 9.17) is 21.1 Å². The van der Waals surface area contributed by atoms with E-state index >= 15 is 0 Å². The lowest BCUT2D eigenvalue weighted by Crippen LogP contribution is -2.36. The number of rotatable bonds is 8. The van der Waals surface area contributed by atoms with Gasteiger partial charge < -0.3 is 24.9 Å². The fourth-order valence-electron chi connectivity index (χ4n) is 4.59. The van der Waals surface area contributed by atoms with E-state index in [0.29, 0.717) is 26.2 Å². The number of benzene rings is 2. The van der Waals surface area contributed by atoms with Crippen LogP contribution < -0.4 is 19.7 Å². The summed E-state index contributed by atoms with van der Waals surface area (Å²) in [5.74, 6) is -4.03. The summed E-state index contributed by atoms with van der Waals surface area (Å²) in [4.78, 5) is 65.9. The van der Waals surface area contributed by atoms with Crippen molar-refractivity contribution in [3.63, 3.8) is 0 Å². The number of fused-ring (bicyclic) bond motifs is 2. The first-order valence-corrected chi connectivity index (χ1v) is 13.6. The van der Waals surface area contributed by atoms with E-state index in [1.807, 2.05) is 0 Å². The van der Waals surface area contributed by atoms with Crippen molar-refractivity contribution < 1.29 is 33.8 Å². The highest BCUT2D eigenvalue weighted by Crippen LogP contribution is 2.53. The van der Waals surface area contributed by atoms with E-state index < -0.39 is 47.3 Å². The lowest BCUT2D eigenvalue weighted by Gasteiger charge is -2.30. The number of H-pyrrole nitrogens is 1. The molecular weight excluding hydrogens is 570 g/mol. The van der Waals surface area contributed by atoms with Crippen molar-refractivity contribution in [3.8, 4) is 11.5 Å². The Labute approximate surface area is 234 Å². The predicted octanol–water partition coefficient (Wildman–Crippen LogP) is 2.79. The average molecular weight is 590 g/mol. The Bertz CT molecular complexity index is 1540. The number of hydrogen-bond donors (Lipinski definition) is 3. The summed E-state index contributed by atoms with van der Waals surface area (Å²) < 4.78 is 11.2. The van der Waals surface area contributed by atoms with Gasteiger partial charge in [-0.1, -0.05) is 40.8 Å². The van der Waals surface area contributed by atoms with Gasteiger partial charge in [0.05, 0.1) is 18.1 Å². The maximum absolute atomic E-state index is 13.3. The van der Waals surface area contributed by atoms with Gasteiger partial charge in [-0.25, -0.2) is 0 Å². The molecule has 39 heavy (non-hydrogen) atoms. The van der Waals surface area contributed by atoms with Crippen molar-refractivity contribution in [2.24, 2.45) is 5.92 Å². The van der Waals surface area contributed by atoms with Crippen LogP contribution in [0.2, 0.25) is 5.02 Å². The van der Waals surface area contributed by atoms with Gasteiger partial charge in [0.1, 0.15) is 11.8 Å². The number of aromatic nitrogens is 1. The van der Waals surface area contributed by atoms with Gasteiger partial charge in [0.2, 0.25) is 11.8 Å². The number of thioether (sulfide) groups is 1. The molecule has 2 aliphatic heterocycles. The van der Waals surface area contributed by atoms with Gasteiger partial charge in [-0.2, -0.15) is 0 Å². The molecule has 2 aliphatic rings. The molecule has 3 atom stereocenters. The fraction of sp³-hybridized carbons (Fsp3) is 0.240. The highest BCUT2D eigenvalue weighted by Gasteiger charge is 2.56. The Morgan fingerprint density at radius 2 is 1.85 bits per heavy atom. The zero-order valence-electron chi connectivity index (χ0n) is 20.1. The first-order chi connectivity index (χ1) is 18.7. The van der Waals surface area contributed by atoms with Crippen LogP contribution in [-0.4, -0.2) is 64.2 Å². The Morgan fingerprint density at radius 3 is 2.54 bits per heavy atom.